The number of hydrogen-bond acceptors (Lipinski definition) is 8. The molecule has 3 N–H and O–H groups in total. The highest BCUT2D eigenvalue weighted by Crippen LogP contribution is 2.15. The highest BCUT2D eigenvalue weighted by atomic mass is 16.6. The zero-order chi connectivity index (χ0) is 30.9. The Kier molecular flexibility index (Phi) is 24.4. The van der Waals surface area contributed by atoms with Gasteiger partial charge >= 0.3 is 5.97 Å². The van der Waals surface area contributed by atoms with Crippen LogP contribution in [-0.4, -0.2) is 91.5 Å². The molecule has 0 saturated heterocycles. The molecular formula is C32H56O9. The molecule has 0 fully saturated rings. The second-order valence-electron chi connectivity index (χ2n) is 10.4. The van der Waals surface area contributed by atoms with Crippen molar-refractivity contribution < 1.29 is 43.8 Å². The summed E-state index contributed by atoms with van der Waals surface area (Å²) in [4.78, 5) is 9.25. The van der Waals surface area contributed by atoms with Gasteiger partial charge in [-0.1, -0.05) is 57.7 Å². The summed E-state index contributed by atoms with van der Waals surface area (Å²) in [6.45, 7) is 14.4. The van der Waals surface area contributed by atoms with Gasteiger partial charge in [-0.2, -0.15) is 0 Å². The van der Waals surface area contributed by atoms with E-state index >= 15 is 0 Å². The van der Waals surface area contributed by atoms with Crippen LogP contribution in [-0.2, 0) is 30.2 Å². The molecule has 0 bridgehead atoms. The van der Waals surface area contributed by atoms with Crippen molar-refractivity contribution in [2.24, 2.45) is 0 Å². The van der Waals surface area contributed by atoms with E-state index in [4.69, 9.17) is 33.9 Å². The lowest BCUT2D eigenvalue weighted by molar-refractivity contribution is -0.131. The molecule has 0 aromatic heterocycles. The lowest BCUT2D eigenvalue weighted by atomic mass is 10.0. The van der Waals surface area contributed by atoms with Crippen molar-refractivity contribution in [1.29, 1.82) is 0 Å². The van der Waals surface area contributed by atoms with Gasteiger partial charge in [-0.15, -0.1) is 0 Å². The van der Waals surface area contributed by atoms with Crippen LogP contribution in [0.25, 0.3) is 0 Å². The number of carbonyl (C=O) groups is 1. The third-order valence-electron chi connectivity index (χ3n) is 6.04. The molecule has 0 aliphatic heterocycles. The molecule has 238 valence electrons. The third kappa shape index (κ3) is 24.3. The van der Waals surface area contributed by atoms with Gasteiger partial charge < -0.3 is 39.0 Å². The average Bonchev–Trinajstić information content (AvgIpc) is 2.98. The van der Waals surface area contributed by atoms with Gasteiger partial charge in [0.2, 0.25) is 0 Å². The molecule has 1 aromatic carbocycles. The highest BCUT2D eigenvalue weighted by Gasteiger charge is 2.13. The van der Waals surface area contributed by atoms with Gasteiger partial charge in [-0.25, -0.2) is 4.79 Å². The third-order valence-corrected chi connectivity index (χ3v) is 6.04. The van der Waals surface area contributed by atoms with E-state index in [1.165, 1.54) is 44.1 Å². The summed E-state index contributed by atoms with van der Waals surface area (Å²) in [5.74, 6) is -0.221. The fraction of sp³-hybridized carbons (Fsp3) is 0.719. The molecule has 9 heteroatoms. The SMILES string of the molecule is C=CC(=O)O.CCCCCCCCc1ccc(OCC(O)COC(C)COC(C)COC(C)COC(C)CO)cc1. The number of carboxylic acids is 1. The Balaban J connectivity index is 0.00000292. The number of benzene rings is 1. The van der Waals surface area contributed by atoms with E-state index in [0.717, 1.165) is 18.2 Å². The van der Waals surface area contributed by atoms with Gasteiger partial charge in [0, 0.05) is 6.08 Å². The minimum atomic E-state index is -0.981. The van der Waals surface area contributed by atoms with E-state index in [2.05, 4.69) is 25.6 Å². The van der Waals surface area contributed by atoms with Gasteiger partial charge in [0.1, 0.15) is 18.5 Å². The highest BCUT2D eigenvalue weighted by molar-refractivity contribution is 5.78. The van der Waals surface area contributed by atoms with Gasteiger partial charge in [-0.05, 0) is 58.2 Å². The number of carboxylic acid groups (broad SMARTS) is 1. The molecule has 0 aliphatic carbocycles. The van der Waals surface area contributed by atoms with Gasteiger partial charge in [0.15, 0.2) is 0 Å². The summed E-state index contributed by atoms with van der Waals surface area (Å²) >= 11 is 0. The lowest BCUT2D eigenvalue weighted by Crippen LogP contribution is -2.30. The molecular weight excluding hydrogens is 528 g/mol. The maximum atomic E-state index is 10.2. The van der Waals surface area contributed by atoms with Crippen LogP contribution in [0.4, 0.5) is 0 Å². The Morgan fingerprint density at radius 1 is 0.780 bits per heavy atom. The predicted molar refractivity (Wildman–Crippen MR) is 162 cm³/mol. The van der Waals surface area contributed by atoms with Crippen LogP contribution >= 0.6 is 0 Å². The quantitative estimate of drug-likeness (QED) is 0.111. The first-order valence-electron chi connectivity index (χ1n) is 14.9. The molecule has 0 aliphatic rings. The van der Waals surface area contributed by atoms with Crippen molar-refractivity contribution >= 4 is 5.97 Å². The number of hydrogen-bond donors (Lipinski definition) is 3. The number of rotatable bonds is 24. The van der Waals surface area contributed by atoms with E-state index in [0.29, 0.717) is 19.8 Å². The van der Waals surface area contributed by atoms with Crippen molar-refractivity contribution in [3.8, 4) is 5.75 Å². The minimum absolute atomic E-state index is 0.00258. The Hall–Kier alpha value is -2.01. The monoisotopic (exact) mass is 584 g/mol. The van der Waals surface area contributed by atoms with Crippen LogP contribution in [0.1, 0.15) is 78.7 Å². The lowest BCUT2D eigenvalue weighted by Gasteiger charge is -2.21. The van der Waals surface area contributed by atoms with Gasteiger partial charge in [-0.3, -0.25) is 0 Å². The van der Waals surface area contributed by atoms with Crippen LogP contribution in [0, 0.1) is 0 Å². The maximum absolute atomic E-state index is 10.2. The second-order valence-corrected chi connectivity index (χ2v) is 10.4. The Morgan fingerprint density at radius 3 is 1.73 bits per heavy atom. The van der Waals surface area contributed by atoms with Crippen LogP contribution in [0.3, 0.4) is 0 Å². The molecule has 0 saturated carbocycles. The molecule has 9 nitrogen and oxygen atoms in total. The van der Waals surface area contributed by atoms with Crippen LogP contribution in [0.15, 0.2) is 36.9 Å². The van der Waals surface area contributed by atoms with Crippen molar-refractivity contribution in [2.45, 2.75) is 110 Å². The number of unbranched alkanes of at least 4 members (excludes halogenated alkanes) is 5. The first-order valence-corrected chi connectivity index (χ1v) is 14.9. The van der Waals surface area contributed by atoms with Gasteiger partial charge in [0.05, 0.1) is 57.5 Å². The molecule has 0 spiro atoms. The summed E-state index contributed by atoms with van der Waals surface area (Å²) in [5, 5.41) is 26.8. The predicted octanol–water partition coefficient (Wildman–Crippen LogP) is 5.20. The zero-order valence-corrected chi connectivity index (χ0v) is 26.0. The second kappa shape index (κ2) is 25.7. The minimum Gasteiger partial charge on any atom is -0.491 e. The topological polar surface area (TPSA) is 124 Å². The Labute approximate surface area is 247 Å². The fourth-order valence-corrected chi connectivity index (χ4v) is 3.47. The summed E-state index contributed by atoms with van der Waals surface area (Å²) in [5.41, 5.74) is 1.33. The first-order chi connectivity index (χ1) is 19.6. The summed E-state index contributed by atoms with van der Waals surface area (Å²) in [6.07, 6.45) is 8.53. The molecule has 1 aromatic rings. The molecule has 0 radical (unpaired) electrons. The number of aliphatic hydroxyl groups is 2. The van der Waals surface area contributed by atoms with E-state index < -0.39 is 12.1 Å². The number of aliphatic hydroxyl groups excluding tert-OH is 2. The number of ether oxygens (including phenoxy) is 5. The molecule has 0 amide bonds. The standard InChI is InChI=1S/C29H52O7.C3H4O2/c1-6-7-8-9-10-11-12-27-13-15-29(16-14-27)36-22-28(31)21-35-26(5)20-34-25(4)19-33-24(3)18-32-23(2)17-30;1-2-3(4)5/h13-16,23-26,28,30-31H,6-12,17-22H2,1-5H3;2H,1H2,(H,4,5). The molecule has 1 rings (SSSR count). The molecule has 0 heterocycles. The molecule has 5 atom stereocenters. The summed E-state index contributed by atoms with van der Waals surface area (Å²) < 4.78 is 28.4. The average molecular weight is 585 g/mol. The zero-order valence-electron chi connectivity index (χ0n) is 26.0. The smallest absolute Gasteiger partial charge is 0.327 e. The van der Waals surface area contributed by atoms with Crippen molar-refractivity contribution in [2.75, 3.05) is 39.6 Å². The van der Waals surface area contributed by atoms with Crippen molar-refractivity contribution in [3.63, 3.8) is 0 Å². The number of aliphatic carboxylic acids is 1. The van der Waals surface area contributed by atoms with E-state index in [1.807, 2.05) is 39.8 Å². The number of aryl methyl sites for hydroxylation is 1. The van der Waals surface area contributed by atoms with Crippen molar-refractivity contribution in [1.82, 2.24) is 0 Å². The normalized spacial score (nSPS) is 14.7. The van der Waals surface area contributed by atoms with E-state index in [-0.39, 0.29) is 44.2 Å². The first kappa shape index (κ1) is 39.0. The largest absolute Gasteiger partial charge is 0.491 e. The van der Waals surface area contributed by atoms with E-state index in [1.54, 1.807) is 0 Å². The Bertz CT molecular complexity index is 756. The van der Waals surface area contributed by atoms with Crippen LogP contribution < -0.4 is 4.74 Å². The molecule has 5 unspecified atom stereocenters. The van der Waals surface area contributed by atoms with Crippen molar-refractivity contribution in [3.05, 3.63) is 42.5 Å². The fourth-order valence-electron chi connectivity index (χ4n) is 3.47. The maximum Gasteiger partial charge on any atom is 0.327 e. The molecule has 41 heavy (non-hydrogen) atoms. The Morgan fingerprint density at radius 2 is 1.24 bits per heavy atom. The van der Waals surface area contributed by atoms with E-state index in [9.17, 15) is 9.90 Å². The van der Waals surface area contributed by atoms with Gasteiger partial charge in [0.25, 0.3) is 0 Å². The summed E-state index contributed by atoms with van der Waals surface area (Å²) in [6, 6.07) is 8.16. The summed E-state index contributed by atoms with van der Waals surface area (Å²) in [7, 11) is 0. The van der Waals surface area contributed by atoms with Crippen LogP contribution in [0.2, 0.25) is 0 Å². The van der Waals surface area contributed by atoms with Crippen LogP contribution in [0.5, 0.6) is 5.75 Å².